The minimum atomic E-state index is -0.622. The lowest BCUT2D eigenvalue weighted by molar-refractivity contribution is 0.103. The number of halogens is 2. The Kier molecular flexibility index (Phi) is 3.42. The average Bonchev–Trinajstić information content (AvgIpc) is 2.88. The molecule has 0 spiro atoms. The summed E-state index contributed by atoms with van der Waals surface area (Å²) in [5, 5.41) is 3.52. The van der Waals surface area contributed by atoms with E-state index in [4.69, 9.17) is 11.6 Å². The number of carbonyl (C=O) groups excluding carboxylic acids is 1. The van der Waals surface area contributed by atoms with E-state index >= 15 is 0 Å². The van der Waals surface area contributed by atoms with E-state index in [9.17, 15) is 9.18 Å². The summed E-state index contributed by atoms with van der Waals surface area (Å²) in [6, 6.07) is 14.0. The number of fused-ring (bicyclic) bond motifs is 1. The number of hydrogen-bond donors (Lipinski definition) is 1. The fraction of sp³-hybridized carbons (Fsp3) is 0. The fourth-order valence-corrected chi connectivity index (χ4v) is 3.01. The second-order valence-electron chi connectivity index (χ2n) is 4.20. The quantitative estimate of drug-likeness (QED) is 0.713. The first-order chi connectivity index (χ1) is 9.65. The fourth-order valence-electron chi connectivity index (χ4n) is 1.88. The van der Waals surface area contributed by atoms with Crippen molar-refractivity contribution in [1.82, 2.24) is 0 Å². The van der Waals surface area contributed by atoms with E-state index in [0.717, 1.165) is 10.1 Å². The number of amides is 1. The summed E-state index contributed by atoms with van der Waals surface area (Å²) in [7, 11) is 0. The SMILES string of the molecule is O=C(Nc1cccc(Cl)c1F)c1cc2ccccc2s1. The molecule has 0 unspecified atom stereocenters. The van der Waals surface area contributed by atoms with Gasteiger partial charge in [-0.25, -0.2) is 4.39 Å². The van der Waals surface area contributed by atoms with E-state index in [2.05, 4.69) is 5.32 Å². The van der Waals surface area contributed by atoms with Gasteiger partial charge in [-0.15, -0.1) is 11.3 Å². The number of carbonyl (C=O) groups is 1. The molecule has 0 radical (unpaired) electrons. The summed E-state index contributed by atoms with van der Waals surface area (Å²) < 4.78 is 14.8. The number of thiophene rings is 1. The molecule has 3 rings (SSSR count). The zero-order chi connectivity index (χ0) is 14.1. The summed E-state index contributed by atoms with van der Waals surface area (Å²) >= 11 is 7.05. The molecule has 0 bridgehead atoms. The molecule has 100 valence electrons. The van der Waals surface area contributed by atoms with Crippen LogP contribution in [0.15, 0.2) is 48.5 Å². The Labute approximate surface area is 123 Å². The Morgan fingerprint density at radius 3 is 2.75 bits per heavy atom. The van der Waals surface area contributed by atoms with Crippen molar-refractivity contribution in [3.05, 3.63) is 64.2 Å². The molecule has 2 nitrogen and oxygen atoms in total. The molecule has 1 aromatic heterocycles. The number of rotatable bonds is 2. The highest BCUT2D eigenvalue weighted by molar-refractivity contribution is 7.20. The van der Waals surface area contributed by atoms with Gasteiger partial charge in [-0.3, -0.25) is 4.79 Å². The molecule has 5 heteroatoms. The molecule has 0 aliphatic heterocycles. The van der Waals surface area contributed by atoms with Gasteiger partial charge < -0.3 is 5.32 Å². The zero-order valence-corrected chi connectivity index (χ0v) is 11.8. The summed E-state index contributed by atoms with van der Waals surface area (Å²) in [5.41, 5.74) is 0.0833. The van der Waals surface area contributed by atoms with Gasteiger partial charge in [-0.05, 0) is 29.7 Å². The largest absolute Gasteiger partial charge is 0.319 e. The van der Waals surface area contributed by atoms with E-state index < -0.39 is 5.82 Å². The van der Waals surface area contributed by atoms with Crippen molar-refractivity contribution in [1.29, 1.82) is 0 Å². The van der Waals surface area contributed by atoms with Crippen LogP contribution in [0.25, 0.3) is 10.1 Å². The highest BCUT2D eigenvalue weighted by Gasteiger charge is 2.13. The van der Waals surface area contributed by atoms with Crippen LogP contribution in [0.4, 0.5) is 10.1 Å². The number of anilines is 1. The van der Waals surface area contributed by atoms with Crippen LogP contribution in [0.2, 0.25) is 5.02 Å². The molecule has 1 N–H and O–H groups in total. The first-order valence-corrected chi connectivity index (χ1v) is 7.08. The van der Waals surface area contributed by atoms with E-state index in [1.54, 1.807) is 12.1 Å². The Bertz CT molecular complexity index is 766. The second kappa shape index (κ2) is 5.23. The molecule has 0 saturated carbocycles. The number of nitrogens with one attached hydrogen (secondary N) is 1. The van der Waals surface area contributed by atoms with Crippen molar-refractivity contribution in [2.75, 3.05) is 5.32 Å². The monoisotopic (exact) mass is 305 g/mol. The van der Waals surface area contributed by atoms with Crippen molar-refractivity contribution < 1.29 is 9.18 Å². The molecule has 3 aromatic rings. The minimum absolute atomic E-state index is 0.0147. The third-order valence-electron chi connectivity index (χ3n) is 2.85. The zero-order valence-electron chi connectivity index (χ0n) is 10.2. The van der Waals surface area contributed by atoms with Gasteiger partial charge in [0.2, 0.25) is 0 Å². The summed E-state index contributed by atoms with van der Waals surface area (Å²) in [5.74, 6) is -0.962. The van der Waals surface area contributed by atoms with Crippen LogP contribution in [-0.2, 0) is 0 Å². The normalized spacial score (nSPS) is 10.7. The molecule has 1 heterocycles. The van der Waals surface area contributed by atoms with Crippen LogP contribution in [0, 0.1) is 5.82 Å². The number of hydrogen-bond acceptors (Lipinski definition) is 2. The molecule has 20 heavy (non-hydrogen) atoms. The Morgan fingerprint density at radius 2 is 1.95 bits per heavy atom. The predicted molar refractivity (Wildman–Crippen MR) is 81.2 cm³/mol. The van der Waals surface area contributed by atoms with E-state index in [-0.39, 0.29) is 16.6 Å². The predicted octanol–water partition coefficient (Wildman–Crippen LogP) is 4.95. The Morgan fingerprint density at radius 1 is 1.15 bits per heavy atom. The smallest absolute Gasteiger partial charge is 0.265 e. The van der Waals surface area contributed by atoms with Gasteiger partial charge >= 0.3 is 0 Å². The van der Waals surface area contributed by atoms with Crippen molar-refractivity contribution >= 4 is 44.6 Å². The van der Waals surface area contributed by atoms with E-state index in [1.807, 2.05) is 24.3 Å². The molecular weight excluding hydrogens is 297 g/mol. The molecular formula is C15H9ClFNOS. The molecule has 0 aliphatic carbocycles. The summed E-state index contributed by atoms with van der Waals surface area (Å²) in [6.07, 6.45) is 0. The maximum atomic E-state index is 13.7. The molecule has 0 fully saturated rings. The second-order valence-corrected chi connectivity index (χ2v) is 5.69. The third-order valence-corrected chi connectivity index (χ3v) is 4.26. The van der Waals surface area contributed by atoms with Crippen LogP contribution in [0.5, 0.6) is 0 Å². The van der Waals surface area contributed by atoms with Crippen molar-refractivity contribution in [2.24, 2.45) is 0 Å². The minimum Gasteiger partial charge on any atom is -0.319 e. The summed E-state index contributed by atoms with van der Waals surface area (Å²) in [4.78, 5) is 12.7. The van der Waals surface area contributed by atoms with Crippen LogP contribution in [0.3, 0.4) is 0 Å². The number of benzene rings is 2. The van der Waals surface area contributed by atoms with E-state index in [0.29, 0.717) is 4.88 Å². The average molecular weight is 306 g/mol. The molecule has 0 aliphatic rings. The van der Waals surface area contributed by atoms with Crippen molar-refractivity contribution in [2.45, 2.75) is 0 Å². The molecule has 0 atom stereocenters. The molecule has 2 aromatic carbocycles. The van der Waals surface area contributed by atoms with Gasteiger partial charge in [0, 0.05) is 4.70 Å². The van der Waals surface area contributed by atoms with Crippen LogP contribution >= 0.6 is 22.9 Å². The lowest BCUT2D eigenvalue weighted by atomic mass is 10.2. The van der Waals surface area contributed by atoms with Crippen LogP contribution < -0.4 is 5.32 Å². The van der Waals surface area contributed by atoms with E-state index in [1.165, 1.54) is 23.5 Å². The topological polar surface area (TPSA) is 29.1 Å². The van der Waals surface area contributed by atoms with Gasteiger partial charge in [-0.1, -0.05) is 35.9 Å². The molecule has 0 saturated heterocycles. The highest BCUT2D eigenvalue weighted by Crippen LogP contribution is 2.27. The summed E-state index contributed by atoms with van der Waals surface area (Å²) in [6.45, 7) is 0. The third kappa shape index (κ3) is 2.40. The van der Waals surface area contributed by atoms with Crippen LogP contribution in [-0.4, -0.2) is 5.91 Å². The van der Waals surface area contributed by atoms with Gasteiger partial charge in [0.05, 0.1) is 15.6 Å². The maximum absolute atomic E-state index is 13.7. The maximum Gasteiger partial charge on any atom is 0.265 e. The lowest BCUT2D eigenvalue weighted by Crippen LogP contribution is -2.11. The van der Waals surface area contributed by atoms with Crippen molar-refractivity contribution in [3.63, 3.8) is 0 Å². The van der Waals surface area contributed by atoms with Gasteiger partial charge in [0.15, 0.2) is 5.82 Å². The Hall–Kier alpha value is -1.91. The van der Waals surface area contributed by atoms with Gasteiger partial charge in [-0.2, -0.15) is 0 Å². The van der Waals surface area contributed by atoms with Crippen molar-refractivity contribution in [3.8, 4) is 0 Å². The van der Waals surface area contributed by atoms with Crippen LogP contribution in [0.1, 0.15) is 9.67 Å². The Balaban J connectivity index is 1.91. The van der Waals surface area contributed by atoms with Gasteiger partial charge in [0.25, 0.3) is 5.91 Å². The lowest BCUT2D eigenvalue weighted by Gasteiger charge is -2.05. The molecule has 1 amide bonds. The first kappa shape index (κ1) is 13.1. The first-order valence-electron chi connectivity index (χ1n) is 5.89. The van der Waals surface area contributed by atoms with Gasteiger partial charge in [0.1, 0.15) is 0 Å². The standard InChI is InChI=1S/C15H9ClFNOS/c16-10-5-3-6-11(14(10)17)18-15(19)13-8-9-4-1-2-7-12(9)20-13/h1-8H,(H,18,19). The highest BCUT2D eigenvalue weighted by atomic mass is 35.5.